The van der Waals surface area contributed by atoms with Crippen LogP contribution >= 0.6 is 0 Å². The van der Waals surface area contributed by atoms with Crippen molar-refractivity contribution in [2.75, 3.05) is 45.4 Å². The molecule has 1 aromatic carbocycles. The first-order valence-corrected chi connectivity index (χ1v) is 13.9. The molecule has 1 aliphatic heterocycles. The average Bonchev–Trinajstić information content (AvgIpc) is 3.60. The number of aromatic nitrogens is 1. The van der Waals surface area contributed by atoms with E-state index in [9.17, 15) is 4.79 Å². The molecular formula is C30H39N3O4. The summed E-state index contributed by atoms with van der Waals surface area (Å²) < 4.78 is 16.6. The maximum absolute atomic E-state index is 12.3. The Bertz CT molecular complexity index is 1200. The van der Waals surface area contributed by atoms with Gasteiger partial charge in [0.2, 0.25) is 0 Å². The van der Waals surface area contributed by atoms with Crippen molar-refractivity contribution in [3.8, 4) is 11.5 Å². The van der Waals surface area contributed by atoms with E-state index in [1.807, 2.05) is 19.1 Å². The molecule has 3 aliphatic carbocycles. The fourth-order valence-electron chi connectivity index (χ4n) is 7.32. The summed E-state index contributed by atoms with van der Waals surface area (Å²) in [6.45, 7) is 5.64. The molecule has 1 spiro atoms. The van der Waals surface area contributed by atoms with Crippen LogP contribution in [0.15, 0.2) is 30.4 Å². The normalized spacial score (nSPS) is 25.7. The van der Waals surface area contributed by atoms with Crippen LogP contribution in [0.25, 0.3) is 10.9 Å². The number of carbonyl (C=O) groups excluding carboxylic acids is 1. The molecule has 37 heavy (non-hydrogen) atoms. The van der Waals surface area contributed by atoms with Gasteiger partial charge in [-0.3, -0.25) is 4.79 Å². The van der Waals surface area contributed by atoms with Crippen molar-refractivity contribution in [1.29, 1.82) is 0 Å². The molecule has 2 aromatic rings. The molecule has 3 fully saturated rings. The van der Waals surface area contributed by atoms with Crippen LogP contribution in [0.3, 0.4) is 0 Å². The Labute approximate surface area is 219 Å². The fraction of sp³-hybridized carbons (Fsp3) is 0.600. The molecule has 2 bridgehead atoms. The van der Waals surface area contributed by atoms with Gasteiger partial charge >= 0.3 is 5.97 Å². The van der Waals surface area contributed by atoms with Gasteiger partial charge < -0.3 is 24.4 Å². The smallest absolute Gasteiger partial charge is 0.309 e. The fourth-order valence-corrected chi connectivity index (χ4v) is 7.32. The summed E-state index contributed by atoms with van der Waals surface area (Å²) in [5, 5.41) is 4.76. The van der Waals surface area contributed by atoms with E-state index in [1.54, 1.807) is 14.2 Å². The molecule has 7 heteroatoms. The van der Waals surface area contributed by atoms with Crippen LogP contribution in [-0.4, -0.2) is 51.4 Å². The lowest BCUT2D eigenvalue weighted by Crippen LogP contribution is -2.38. The Morgan fingerprint density at radius 3 is 2.57 bits per heavy atom. The number of hydrogen-bond acceptors (Lipinski definition) is 7. The second-order valence-electron chi connectivity index (χ2n) is 11.2. The first kappa shape index (κ1) is 24.5. The van der Waals surface area contributed by atoms with Crippen molar-refractivity contribution in [2.45, 2.75) is 45.6 Å². The van der Waals surface area contributed by atoms with Gasteiger partial charge in [0.1, 0.15) is 22.8 Å². The number of nitrogens with zero attached hydrogens (tertiary/aromatic N) is 2. The number of pyridine rings is 1. The number of allylic oxidation sites excluding steroid dienone is 2. The minimum Gasteiger partial charge on any atom is -0.496 e. The van der Waals surface area contributed by atoms with Crippen LogP contribution in [0.2, 0.25) is 0 Å². The van der Waals surface area contributed by atoms with Crippen LogP contribution in [0, 0.1) is 29.1 Å². The van der Waals surface area contributed by atoms with Crippen molar-refractivity contribution >= 4 is 22.7 Å². The van der Waals surface area contributed by atoms with Gasteiger partial charge in [-0.15, -0.1) is 0 Å². The van der Waals surface area contributed by atoms with Crippen molar-refractivity contribution < 1.29 is 19.0 Å². The highest BCUT2D eigenvalue weighted by molar-refractivity contribution is 5.92. The number of ether oxygens (including phenoxy) is 3. The van der Waals surface area contributed by atoms with Gasteiger partial charge in [0.25, 0.3) is 0 Å². The topological polar surface area (TPSA) is 72.9 Å². The maximum atomic E-state index is 12.3. The van der Waals surface area contributed by atoms with Gasteiger partial charge in [-0.25, -0.2) is 4.98 Å². The molecule has 0 radical (unpaired) electrons. The third-order valence-corrected chi connectivity index (χ3v) is 9.38. The number of rotatable bonds is 9. The summed E-state index contributed by atoms with van der Waals surface area (Å²) in [7, 11) is 3.38. The lowest BCUT2D eigenvalue weighted by atomic mass is 9.89. The highest BCUT2D eigenvalue weighted by Gasteiger charge is 2.62. The number of benzene rings is 1. The SMILES string of the molecule is CCOC(=O)C1CCN(c2nc3c(OC)ccc(OC)c3cc2CNC[C@H]2C[C@@H]3C=C[C@@H]2C32CC2)CC1. The van der Waals surface area contributed by atoms with Crippen LogP contribution in [0.5, 0.6) is 11.5 Å². The molecule has 198 valence electrons. The summed E-state index contributed by atoms with van der Waals surface area (Å²) in [5.74, 6) is 4.69. The summed E-state index contributed by atoms with van der Waals surface area (Å²) >= 11 is 0. The average molecular weight is 506 g/mol. The van der Waals surface area contributed by atoms with Crippen molar-refractivity contribution in [3.05, 3.63) is 35.9 Å². The Hall–Kier alpha value is -2.80. The molecule has 4 aliphatic rings. The first-order valence-electron chi connectivity index (χ1n) is 13.9. The zero-order valence-electron chi connectivity index (χ0n) is 22.3. The molecule has 6 rings (SSSR count). The van der Waals surface area contributed by atoms with E-state index in [1.165, 1.54) is 19.3 Å². The Morgan fingerprint density at radius 1 is 1.14 bits per heavy atom. The van der Waals surface area contributed by atoms with E-state index in [2.05, 4.69) is 28.4 Å². The van der Waals surface area contributed by atoms with Crippen LogP contribution in [-0.2, 0) is 16.1 Å². The number of fused-ring (bicyclic) bond motifs is 1. The third kappa shape index (κ3) is 4.25. The van der Waals surface area contributed by atoms with E-state index >= 15 is 0 Å². The minimum atomic E-state index is -0.0738. The number of methoxy groups -OCH3 is 2. The van der Waals surface area contributed by atoms with E-state index in [4.69, 9.17) is 19.2 Å². The molecule has 7 nitrogen and oxygen atoms in total. The lowest BCUT2D eigenvalue weighted by molar-refractivity contribution is -0.148. The van der Waals surface area contributed by atoms with Crippen LogP contribution in [0.4, 0.5) is 5.82 Å². The summed E-state index contributed by atoms with van der Waals surface area (Å²) in [5.41, 5.74) is 2.59. The molecule has 1 N–H and O–H groups in total. The van der Waals surface area contributed by atoms with Crippen molar-refractivity contribution in [2.24, 2.45) is 29.1 Å². The molecular weight excluding hydrogens is 466 g/mol. The maximum Gasteiger partial charge on any atom is 0.309 e. The molecule has 1 aromatic heterocycles. The van der Waals surface area contributed by atoms with Gasteiger partial charge in [-0.1, -0.05) is 12.2 Å². The van der Waals surface area contributed by atoms with Gasteiger partial charge in [-0.2, -0.15) is 0 Å². The molecule has 0 amide bonds. The van der Waals surface area contributed by atoms with Crippen molar-refractivity contribution in [1.82, 2.24) is 10.3 Å². The van der Waals surface area contributed by atoms with Crippen molar-refractivity contribution in [3.63, 3.8) is 0 Å². The quantitative estimate of drug-likeness (QED) is 0.390. The predicted molar refractivity (Wildman–Crippen MR) is 144 cm³/mol. The molecule has 2 heterocycles. The third-order valence-electron chi connectivity index (χ3n) is 9.38. The summed E-state index contributed by atoms with van der Waals surface area (Å²) in [4.78, 5) is 19.8. The molecule has 3 atom stereocenters. The second-order valence-corrected chi connectivity index (χ2v) is 11.2. The van der Waals surface area contributed by atoms with E-state index in [0.717, 1.165) is 90.6 Å². The first-order chi connectivity index (χ1) is 18.1. The van der Waals surface area contributed by atoms with Gasteiger partial charge in [0, 0.05) is 30.6 Å². The Morgan fingerprint density at radius 2 is 1.89 bits per heavy atom. The molecule has 1 saturated heterocycles. The Kier molecular flexibility index (Phi) is 6.51. The minimum absolute atomic E-state index is 0.0338. The highest BCUT2D eigenvalue weighted by atomic mass is 16.5. The number of piperidine rings is 1. The van der Waals surface area contributed by atoms with E-state index < -0.39 is 0 Å². The standard InChI is InChI=1S/C30H39N3O4/c1-4-37-29(34)19-9-13-33(14-10-19)28-21(16-23-25(35-2)7-8-26(36-3)27(23)32-28)18-31-17-20-15-22-5-6-24(20)30(22)11-12-30/h5-8,16,19-20,22,24,31H,4,9-15,17-18H2,1-3H3/t20-,22+,24+/m1/s1. The van der Waals surface area contributed by atoms with Crippen LogP contribution < -0.4 is 19.7 Å². The van der Waals surface area contributed by atoms with Crippen LogP contribution in [0.1, 0.15) is 44.6 Å². The number of esters is 1. The lowest BCUT2D eigenvalue weighted by Gasteiger charge is -2.33. The van der Waals surface area contributed by atoms with Gasteiger partial charge in [0.15, 0.2) is 0 Å². The predicted octanol–water partition coefficient (Wildman–Crippen LogP) is 4.72. The van der Waals surface area contributed by atoms with E-state index in [-0.39, 0.29) is 11.9 Å². The van der Waals surface area contributed by atoms with Gasteiger partial charge in [0.05, 0.1) is 26.7 Å². The van der Waals surface area contributed by atoms with E-state index in [0.29, 0.717) is 12.0 Å². The Balaban J connectivity index is 1.24. The number of carbonyl (C=O) groups is 1. The van der Waals surface area contributed by atoms with Gasteiger partial charge in [-0.05, 0) is 86.9 Å². The highest BCUT2D eigenvalue weighted by Crippen LogP contribution is 2.69. The zero-order valence-corrected chi connectivity index (χ0v) is 22.3. The summed E-state index contributed by atoms with van der Waals surface area (Å²) in [6.07, 6.45) is 10.7. The summed E-state index contributed by atoms with van der Waals surface area (Å²) in [6, 6.07) is 6.08. The monoisotopic (exact) mass is 505 g/mol. The molecule has 0 unspecified atom stereocenters. The molecule has 2 saturated carbocycles. The second kappa shape index (κ2) is 9.82. The number of nitrogens with one attached hydrogen (secondary N) is 1. The number of anilines is 1. The zero-order chi connectivity index (χ0) is 25.6. The largest absolute Gasteiger partial charge is 0.496 e. The number of hydrogen-bond donors (Lipinski definition) is 1.